The molecule has 1 aliphatic heterocycles. The van der Waals surface area contributed by atoms with E-state index in [2.05, 4.69) is 31.2 Å². The largest absolute Gasteiger partial charge is 0.268 e. The van der Waals surface area contributed by atoms with Gasteiger partial charge in [-0.15, -0.1) is 0 Å². The third-order valence-electron chi connectivity index (χ3n) is 2.36. The standard InChI is InChI=1S/C9H12N2/c1-7-9-5-3-2-4-8(9)6-11(7)10/h2-5,7H,6,10H2,1H3. The Kier molecular flexibility index (Phi) is 1.44. The molecular weight excluding hydrogens is 136 g/mol. The maximum atomic E-state index is 5.76. The van der Waals surface area contributed by atoms with Gasteiger partial charge in [-0.2, -0.15) is 0 Å². The van der Waals surface area contributed by atoms with Crippen LogP contribution in [0.1, 0.15) is 24.1 Å². The van der Waals surface area contributed by atoms with E-state index in [1.165, 1.54) is 11.1 Å². The summed E-state index contributed by atoms with van der Waals surface area (Å²) in [5.74, 6) is 5.76. The molecule has 0 spiro atoms. The van der Waals surface area contributed by atoms with Crippen molar-refractivity contribution in [3.05, 3.63) is 35.4 Å². The van der Waals surface area contributed by atoms with Crippen molar-refractivity contribution in [3.63, 3.8) is 0 Å². The first kappa shape index (κ1) is 6.83. The lowest BCUT2D eigenvalue weighted by Crippen LogP contribution is -2.27. The number of benzene rings is 1. The van der Waals surface area contributed by atoms with E-state index >= 15 is 0 Å². The van der Waals surface area contributed by atoms with Crippen LogP contribution in [-0.4, -0.2) is 5.01 Å². The van der Waals surface area contributed by atoms with Gasteiger partial charge >= 0.3 is 0 Å². The third kappa shape index (κ3) is 0.951. The molecule has 1 atom stereocenters. The SMILES string of the molecule is CC1c2ccccc2CN1N. The molecule has 58 valence electrons. The van der Waals surface area contributed by atoms with Gasteiger partial charge in [-0.05, 0) is 18.1 Å². The number of hydrogen-bond acceptors (Lipinski definition) is 2. The highest BCUT2D eigenvalue weighted by molar-refractivity contribution is 5.32. The molecule has 0 aromatic heterocycles. The highest BCUT2D eigenvalue weighted by Crippen LogP contribution is 2.29. The zero-order chi connectivity index (χ0) is 7.84. The van der Waals surface area contributed by atoms with E-state index in [-0.39, 0.29) is 0 Å². The summed E-state index contributed by atoms with van der Waals surface area (Å²) < 4.78 is 0. The Balaban J connectivity index is 2.47. The van der Waals surface area contributed by atoms with E-state index in [0.29, 0.717) is 6.04 Å². The van der Waals surface area contributed by atoms with E-state index in [1.807, 2.05) is 5.01 Å². The van der Waals surface area contributed by atoms with Gasteiger partial charge in [-0.3, -0.25) is 5.84 Å². The summed E-state index contributed by atoms with van der Waals surface area (Å²) in [6, 6.07) is 8.79. The number of hydrogen-bond donors (Lipinski definition) is 1. The van der Waals surface area contributed by atoms with Crippen LogP contribution in [0.5, 0.6) is 0 Å². The average molecular weight is 148 g/mol. The fourth-order valence-corrected chi connectivity index (χ4v) is 1.60. The van der Waals surface area contributed by atoms with Gasteiger partial charge < -0.3 is 0 Å². The van der Waals surface area contributed by atoms with E-state index in [4.69, 9.17) is 5.84 Å². The lowest BCUT2D eigenvalue weighted by atomic mass is 10.1. The Morgan fingerprint density at radius 2 is 2.18 bits per heavy atom. The highest BCUT2D eigenvalue weighted by Gasteiger charge is 2.22. The first-order chi connectivity index (χ1) is 5.29. The molecule has 0 aliphatic carbocycles. The molecule has 11 heavy (non-hydrogen) atoms. The van der Waals surface area contributed by atoms with Crippen LogP contribution in [0, 0.1) is 0 Å². The van der Waals surface area contributed by atoms with E-state index in [9.17, 15) is 0 Å². The Morgan fingerprint density at radius 1 is 1.45 bits per heavy atom. The van der Waals surface area contributed by atoms with E-state index in [0.717, 1.165) is 6.54 Å². The second-order valence-electron chi connectivity index (χ2n) is 3.05. The summed E-state index contributed by atoms with van der Waals surface area (Å²) in [5, 5.41) is 1.87. The van der Waals surface area contributed by atoms with Crippen LogP contribution < -0.4 is 5.84 Å². The summed E-state index contributed by atoms with van der Waals surface area (Å²) in [5.41, 5.74) is 2.73. The van der Waals surface area contributed by atoms with Crippen molar-refractivity contribution < 1.29 is 0 Å². The number of fused-ring (bicyclic) bond motifs is 1. The van der Waals surface area contributed by atoms with Gasteiger partial charge in [0.05, 0.1) is 0 Å². The molecule has 0 amide bonds. The minimum Gasteiger partial charge on any atom is -0.268 e. The molecule has 1 heterocycles. The summed E-state index contributed by atoms with van der Waals surface area (Å²) in [6.45, 7) is 3.02. The van der Waals surface area contributed by atoms with Crippen LogP contribution in [-0.2, 0) is 6.54 Å². The molecule has 1 aromatic carbocycles. The van der Waals surface area contributed by atoms with Crippen molar-refractivity contribution in [2.75, 3.05) is 0 Å². The van der Waals surface area contributed by atoms with Gasteiger partial charge in [0.1, 0.15) is 0 Å². The fraction of sp³-hybridized carbons (Fsp3) is 0.333. The predicted molar refractivity (Wildman–Crippen MR) is 44.6 cm³/mol. The lowest BCUT2D eigenvalue weighted by molar-refractivity contribution is 0.236. The zero-order valence-corrected chi connectivity index (χ0v) is 6.62. The van der Waals surface area contributed by atoms with Crippen molar-refractivity contribution in [1.82, 2.24) is 5.01 Å². The molecule has 1 unspecified atom stereocenters. The van der Waals surface area contributed by atoms with Crippen molar-refractivity contribution in [3.8, 4) is 0 Å². The lowest BCUT2D eigenvalue weighted by Gasteiger charge is -2.13. The van der Waals surface area contributed by atoms with Gasteiger partial charge in [0.2, 0.25) is 0 Å². The number of hydrazine groups is 1. The second kappa shape index (κ2) is 2.32. The van der Waals surface area contributed by atoms with Crippen molar-refractivity contribution in [2.24, 2.45) is 5.84 Å². The highest BCUT2D eigenvalue weighted by atomic mass is 15.4. The molecule has 1 aliphatic rings. The first-order valence-electron chi connectivity index (χ1n) is 3.88. The zero-order valence-electron chi connectivity index (χ0n) is 6.62. The molecule has 0 saturated heterocycles. The van der Waals surface area contributed by atoms with Gasteiger partial charge in [0, 0.05) is 12.6 Å². The maximum absolute atomic E-state index is 5.76. The van der Waals surface area contributed by atoms with Crippen LogP contribution in [0.15, 0.2) is 24.3 Å². The van der Waals surface area contributed by atoms with Crippen molar-refractivity contribution in [2.45, 2.75) is 19.5 Å². The second-order valence-corrected chi connectivity index (χ2v) is 3.05. The minimum atomic E-state index is 0.381. The number of rotatable bonds is 0. The molecular formula is C9H12N2. The van der Waals surface area contributed by atoms with Crippen LogP contribution in [0.3, 0.4) is 0 Å². The maximum Gasteiger partial charge on any atom is 0.0469 e. The van der Waals surface area contributed by atoms with Gasteiger partial charge in [0.15, 0.2) is 0 Å². The summed E-state index contributed by atoms with van der Waals surface area (Å²) in [4.78, 5) is 0. The van der Waals surface area contributed by atoms with Crippen LogP contribution in [0.4, 0.5) is 0 Å². The monoisotopic (exact) mass is 148 g/mol. The molecule has 2 nitrogen and oxygen atoms in total. The van der Waals surface area contributed by atoms with Crippen molar-refractivity contribution >= 4 is 0 Å². The predicted octanol–water partition coefficient (Wildman–Crippen LogP) is 1.44. The molecule has 0 fully saturated rings. The third-order valence-corrected chi connectivity index (χ3v) is 2.36. The van der Waals surface area contributed by atoms with Crippen LogP contribution >= 0.6 is 0 Å². The first-order valence-corrected chi connectivity index (χ1v) is 3.88. The Bertz CT molecular complexity index is 270. The van der Waals surface area contributed by atoms with Crippen LogP contribution in [0.2, 0.25) is 0 Å². The van der Waals surface area contributed by atoms with E-state index in [1.54, 1.807) is 0 Å². The Labute approximate surface area is 66.6 Å². The van der Waals surface area contributed by atoms with Gasteiger partial charge in [-0.1, -0.05) is 24.3 Å². The van der Waals surface area contributed by atoms with Gasteiger partial charge in [-0.25, -0.2) is 5.01 Å². The summed E-state index contributed by atoms with van der Waals surface area (Å²) in [7, 11) is 0. The fourth-order valence-electron chi connectivity index (χ4n) is 1.60. The molecule has 0 bridgehead atoms. The minimum absolute atomic E-state index is 0.381. The number of nitrogens with zero attached hydrogens (tertiary/aromatic N) is 1. The van der Waals surface area contributed by atoms with Crippen LogP contribution in [0.25, 0.3) is 0 Å². The average Bonchev–Trinajstić information content (AvgIpc) is 2.30. The van der Waals surface area contributed by atoms with Crippen molar-refractivity contribution in [1.29, 1.82) is 0 Å². The summed E-state index contributed by atoms with van der Waals surface area (Å²) in [6.07, 6.45) is 0. The van der Waals surface area contributed by atoms with E-state index < -0.39 is 0 Å². The van der Waals surface area contributed by atoms with Gasteiger partial charge in [0.25, 0.3) is 0 Å². The Morgan fingerprint density at radius 3 is 2.91 bits per heavy atom. The Hall–Kier alpha value is -0.860. The normalized spacial score (nSPS) is 23.6. The smallest absolute Gasteiger partial charge is 0.0469 e. The quantitative estimate of drug-likeness (QED) is 0.564. The molecule has 0 radical (unpaired) electrons. The molecule has 1 aromatic rings. The number of nitrogens with two attached hydrogens (primary N) is 1. The molecule has 2 rings (SSSR count). The topological polar surface area (TPSA) is 29.3 Å². The summed E-state index contributed by atoms with van der Waals surface area (Å²) >= 11 is 0. The molecule has 0 saturated carbocycles. The molecule has 2 N–H and O–H groups in total. The molecule has 2 heteroatoms.